The van der Waals surface area contributed by atoms with Crippen molar-refractivity contribution in [2.75, 3.05) is 13.2 Å². The average molecular weight is 356 g/mol. The van der Waals surface area contributed by atoms with Gasteiger partial charge in [0.15, 0.2) is 12.2 Å². The summed E-state index contributed by atoms with van der Waals surface area (Å²) in [6.45, 7) is 9.65. The molecule has 0 N–H and O–H groups in total. The highest BCUT2D eigenvalue weighted by atomic mass is 16.6. The molecule has 8 heteroatoms. The molecule has 0 bridgehead atoms. The van der Waals surface area contributed by atoms with E-state index in [1.165, 1.54) is 13.8 Å². The predicted molar refractivity (Wildman–Crippen MR) is 85.2 cm³/mol. The van der Waals surface area contributed by atoms with Gasteiger partial charge in [-0.15, -0.1) is 0 Å². The van der Waals surface area contributed by atoms with Crippen molar-refractivity contribution < 1.29 is 38.1 Å². The minimum Gasteiger partial charge on any atom is -0.463 e. The molecule has 0 unspecified atom stereocenters. The molecule has 0 radical (unpaired) electrons. The van der Waals surface area contributed by atoms with Gasteiger partial charge in [-0.2, -0.15) is 0 Å². The quantitative estimate of drug-likeness (QED) is 0.473. The van der Waals surface area contributed by atoms with E-state index in [1.54, 1.807) is 27.7 Å². The third kappa shape index (κ3) is 4.80. The van der Waals surface area contributed by atoms with Crippen LogP contribution in [0.4, 0.5) is 0 Å². The zero-order valence-electron chi connectivity index (χ0n) is 15.3. The van der Waals surface area contributed by atoms with E-state index in [9.17, 15) is 19.2 Å². The number of carbonyl (C=O) groups excluding carboxylic acids is 4. The van der Waals surface area contributed by atoms with Gasteiger partial charge < -0.3 is 18.9 Å². The molecule has 0 heterocycles. The van der Waals surface area contributed by atoms with Gasteiger partial charge in [-0.3, -0.25) is 0 Å². The van der Waals surface area contributed by atoms with Crippen LogP contribution in [-0.2, 0) is 38.1 Å². The highest BCUT2D eigenvalue weighted by Gasteiger charge is 2.55. The van der Waals surface area contributed by atoms with E-state index in [4.69, 9.17) is 18.9 Å². The first-order valence-corrected chi connectivity index (χ1v) is 8.08. The molecule has 0 fully saturated rings. The van der Waals surface area contributed by atoms with E-state index in [-0.39, 0.29) is 24.4 Å². The van der Waals surface area contributed by atoms with Crippen molar-refractivity contribution in [1.29, 1.82) is 0 Å². The van der Waals surface area contributed by atoms with E-state index < -0.39 is 41.5 Å². The van der Waals surface area contributed by atoms with Gasteiger partial charge in [0.25, 0.3) is 0 Å². The van der Waals surface area contributed by atoms with Crippen LogP contribution in [0.2, 0.25) is 0 Å². The molecular formula is C17H24O8. The lowest BCUT2D eigenvalue weighted by molar-refractivity contribution is -0.164. The molecule has 0 aromatic carbocycles. The predicted octanol–water partition coefficient (Wildman–Crippen LogP) is 1.31. The van der Waals surface area contributed by atoms with Gasteiger partial charge in [-0.1, -0.05) is 13.8 Å². The summed E-state index contributed by atoms with van der Waals surface area (Å²) in [7, 11) is 0. The molecule has 0 aromatic heterocycles. The van der Waals surface area contributed by atoms with Crippen LogP contribution in [0.3, 0.4) is 0 Å². The van der Waals surface area contributed by atoms with Crippen LogP contribution < -0.4 is 0 Å². The topological polar surface area (TPSA) is 105 Å². The van der Waals surface area contributed by atoms with Crippen LogP contribution in [-0.4, -0.2) is 49.3 Å². The zero-order chi connectivity index (χ0) is 19.4. The fourth-order valence-corrected chi connectivity index (χ4v) is 2.24. The molecule has 1 aliphatic carbocycles. The monoisotopic (exact) mass is 356 g/mol. The lowest BCUT2D eigenvalue weighted by atomic mass is 10.0. The van der Waals surface area contributed by atoms with Crippen molar-refractivity contribution in [2.24, 2.45) is 5.41 Å². The molecule has 8 nitrogen and oxygen atoms in total. The lowest BCUT2D eigenvalue weighted by Gasteiger charge is -2.12. The summed E-state index contributed by atoms with van der Waals surface area (Å²) in [6.07, 6.45) is -2.18. The summed E-state index contributed by atoms with van der Waals surface area (Å²) in [5.41, 5.74) is -0.619. The van der Waals surface area contributed by atoms with Crippen LogP contribution in [0, 0.1) is 5.41 Å². The summed E-state index contributed by atoms with van der Waals surface area (Å²) >= 11 is 0. The second-order valence-corrected chi connectivity index (χ2v) is 5.97. The Morgan fingerprint density at radius 1 is 0.800 bits per heavy atom. The van der Waals surface area contributed by atoms with E-state index in [1.807, 2.05) is 0 Å². The fourth-order valence-electron chi connectivity index (χ4n) is 2.24. The Labute approximate surface area is 146 Å². The number of carbonyl (C=O) groups is 4. The van der Waals surface area contributed by atoms with Crippen LogP contribution >= 0.6 is 0 Å². The number of esters is 4. The zero-order valence-corrected chi connectivity index (χ0v) is 15.3. The lowest BCUT2D eigenvalue weighted by Crippen LogP contribution is -2.26. The highest BCUT2D eigenvalue weighted by Crippen LogP contribution is 2.53. The largest absolute Gasteiger partial charge is 0.463 e. The maximum absolute atomic E-state index is 12.2. The van der Waals surface area contributed by atoms with Crippen molar-refractivity contribution in [2.45, 2.75) is 53.8 Å². The summed E-state index contributed by atoms with van der Waals surface area (Å²) in [6, 6.07) is 0. The van der Waals surface area contributed by atoms with E-state index >= 15 is 0 Å². The molecule has 0 saturated carbocycles. The fraction of sp³-hybridized carbons (Fsp3) is 0.647. The average Bonchev–Trinajstić information content (AvgIpc) is 3.10. The summed E-state index contributed by atoms with van der Waals surface area (Å²) < 4.78 is 19.6. The SMILES string of the molecule is CCOC(=O)[C@@H](C)OC(=O)C1=C(C(=O)O[C@H](C)C(=O)OCC)C1(C)C. The van der Waals surface area contributed by atoms with Crippen molar-refractivity contribution in [1.82, 2.24) is 0 Å². The number of hydrogen-bond donors (Lipinski definition) is 0. The first-order valence-electron chi connectivity index (χ1n) is 8.08. The molecule has 0 aliphatic heterocycles. The maximum atomic E-state index is 12.2. The Morgan fingerprint density at radius 3 is 1.40 bits per heavy atom. The molecule has 1 aliphatic rings. The van der Waals surface area contributed by atoms with Gasteiger partial charge in [0.2, 0.25) is 0 Å². The smallest absolute Gasteiger partial charge is 0.347 e. The third-order valence-corrected chi connectivity index (χ3v) is 3.65. The summed E-state index contributed by atoms with van der Waals surface area (Å²) in [4.78, 5) is 47.4. The molecule has 0 saturated heterocycles. The number of hydrogen-bond acceptors (Lipinski definition) is 8. The molecule has 2 atom stereocenters. The molecule has 0 spiro atoms. The van der Waals surface area contributed by atoms with Crippen LogP contribution in [0.25, 0.3) is 0 Å². The van der Waals surface area contributed by atoms with Crippen LogP contribution in [0.5, 0.6) is 0 Å². The Bertz CT molecular complexity index is 552. The highest BCUT2D eigenvalue weighted by molar-refractivity contribution is 6.12. The molecule has 0 amide bonds. The second-order valence-electron chi connectivity index (χ2n) is 5.97. The van der Waals surface area contributed by atoms with Crippen molar-refractivity contribution in [3.8, 4) is 0 Å². The van der Waals surface area contributed by atoms with E-state index in [0.717, 1.165) is 0 Å². The number of rotatable bonds is 8. The first kappa shape index (κ1) is 20.7. The minimum atomic E-state index is -1.09. The minimum absolute atomic E-state index is 0.115. The van der Waals surface area contributed by atoms with Crippen molar-refractivity contribution in [3.63, 3.8) is 0 Å². The molecule has 1 rings (SSSR count). The van der Waals surface area contributed by atoms with E-state index in [2.05, 4.69) is 0 Å². The Kier molecular flexibility index (Phi) is 6.72. The van der Waals surface area contributed by atoms with Crippen molar-refractivity contribution >= 4 is 23.9 Å². The van der Waals surface area contributed by atoms with Crippen LogP contribution in [0.1, 0.15) is 41.5 Å². The Hall–Kier alpha value is -2.38. The molecule has 25 heavy (non-hydrogen) atoms. The molecular weight excluding hydrogens is 332 g/mol. The second kappa shape index (κ2) is 8.13. The van der Waals surface area contributed by atoms with Gasteiger partial charge in [0.05, 0.1) is 24.4 Å². The van der Waals surface area contributed by atoms with E-state index in [0.29, 0.717) is 0 Å². The Balaban J connectivity index is 2.76. The molecule has 140 valence electrons. The molecule has 0 aromatic rings. The summed E-state index contributed by atoms with van der Waals surface area (Å²) in [5, 5.41) is 0. The third-order valence-electron chi connectivity index (χ3n) is 3.65. The van der Waals surface area contributed by atoms with Gasteiger partial charge in [0, 0.05) is 5.41 Å². The maximum Gasteiger partial charge on any atom is 0.347 e. The normalized spacial score (nSPS) is 17.2. The first-order chi connectivity index (χ1) is 11.6. The van der Waals surface area contributed by atoms with Gasteiger partial charge in [-0.05, 0) is 27.7 Å². The summed E-state index contributed by atoms with van der Waals surface area (Å²) in [5.74, 6) is -2.92. The standard InChI is InChI=1S/C17H24O8/c1-7-22-13(18)9(3)24-15(20)11-12(17(11,5)6)16(21)25-10(4)14(19)23-8-2/h9-10H,7-8H2,1-6H3/t9-,10-/m1/s1. The van der Waals surface area contributed by atoms with Crippen molar-refractivity contribution in [3.05, 3.63) is 11.1 Å². The van der Waals surface area contributed by atoms with Crippen LogP contribution in [0.15, 0.2) is 11.1 Å². The van der Waals surface area contributed by atoms with Gasteiger partial charge in [0.1, 0.15) is 0 Å². The Morgan fingerprint density at radius 2 is 1.12 bits per heavy atom. The van der Waals surface area contributed by atoms with Gasteiger partial charge >= 0.3 is 23.9 Å². The van der Waals surface area contributed by atoms with Gasteiger partial charge in [-0.25, -0.2) is 19.2 Å². The number of ether oxygens (including phenoxy) is 4.